The van der Waals surface area contributed by atoms with E-state index in [1.54, 1.807) is 48.5 Å². The molecule has 0 bridgehead atoms. The number of sulfonamides is 1. The van der Waals surface area contributed by atoms with Gasteiger partial charge in [-0.15, -0.1) is 0 Å². The number of allylic oxidation sites excluding steroid dienone is 2. The van der Waals surface area contributed by atoms with E-state index in [4.69, 9.17) is 9.47 Å². The summed E-state index contributed by atoms with van der Waals surface area (Å²) in [4.78, 5) is 0.164. The zero-order valence-corrected chi connectivity index (χ0v) is 19.6. The summed E-state index contributed by atoms with van der Waals surface area (Å²) in [6.07, 6.45) is 5.12. The van der Waals surface area contributed by atoms with Crippen LogP contribution in [0.3, 0.4) is 0 Å². The van der Waals surface area contributed by atoms with Crippen molar-refractivity contribution in [2.24, 2.45) is 5.92 Å². The molecule has 34 heavy (non-hydrogen) atoms. The molecule has 3 aromatic carbocycles. The third-order valence-corrected chi connectivity index (χ3v) is 7.89. The highest BCUT2D eigenvalue weighted by atomic mass is 32.2. The molecule has 1 heterocycles. The van der Waals surface area contributed by atoms with Crippen LogP contribution in [0.1, 0.15) is 29.5 Å². The molecule has 3 atom stereocenters. The van der Waals surface area contributed by atoms with Crippen molar-refractivity contribution >= 4 is 21.4 Å². The molecule has 0 saturated heterocycles. The Bertz CT molecular complexity index is 1360. The zero-order chi connectivity index (χ0) is 23.9. The molecule has 0 radical (unpaired) electrons. The van der Waals surface area contributed by atoms with Crippen molar-refractivity contribution in [3.63, 3.8) is 0 Å². The highest BCUT2D eigenvalue weighted by molar-refractivity contribution is 7.92. The van der Waals surface area contributed by atoms with Gasteiger partial charge in [0.05, 0.1) is 30.8 Å². The highest BCUT2D eigenvalue weighted by Crippen LogP contribution is 2.50. The molecular weight excluding hydrogens is 455 g/mol. The Balaban J connectivity index is 1.48. The van der Waals surface area contributed by atoms with E-state index >= 15 is 0 Å². The van der Waals surface area contributed by atoms with Gasteiger partial charge in [-0.1, -0.05) is 24.3 Å². The summed E-state index contributed by atoms with van der Waals surface area (Å²) >= 11 is 0. The van der Waals surface area contributed by atoms with Crippen LogP contribution < -0.4 is 19.5 Å². The fourth-order valence-electron chi connectivity index (χ4n) is 4.84. The lowest BCUT2D eigenvalue weighted by Gasteiger charge is -2.37. The summed E-state index contributed by atoms with van der Waals surface area (Å²) in [6, 6.07) is 16.6. The summed E-state index contributed by atoms with van der Waals surface area (Å²) in [5, 5.41) is 3.55. The first-order chi connectivity index (χ1) is 16.4. The van der Waals surface area contributed by atoms with E-state index in [1.807, 2.05) is 0 Å². The molecule has 5 rings (SSSR count). The SMILES string of the molecule is COc1ccc(OC)c(NS(=O)(=O)c2ccc3c(c2)[C@H]2C=CC[C@H]2[C@@H](c2ccc(F)cc2)N3)c1. The molecule has 3 aromatic rings. The molecule has 0 spiro atoms. The average Bonchev–Trinajstić information content (AvgIpc) is 3.34. The first kappa shape index (κ1) is 22.3. The second-order valence-electron chi connectivity index (χ2n) is 8.45. The molecule has 0 fully saturated rings. The van der Waals surface area contributed by atoms with Crippen LogP contribution in [0.5, 0.6) is 11.5 Å². The van der Waals surface area contributed by atoms with Crippen molar-refractivity contribution in [3.05, 3.63) is 89.8 Å². The maximum Gasteiger partial charge on any atom is 0.262 e. The lowest BCUT2D eigenvalue weighted by Crippen LogP contribution is -2.29. The second kappa shape index (κ2) is 8.68. The minimum atomic E-state index is -3.88. The van der Waals surface area contributed by atoms with Crippen LogP contribution in [0, 0.1) is 11.7 Å². The summed E-state index contributed by atoms with van der Waals surface area (Å²) in [5.74, 6) is 0.912. The van der Waals surface area contributed by atoms with Crippen LogP contribution >= 0.6 is 0 Å². The third-order valence-electron chi connectivity index (χ3n) is 6.52. The minimum absolute atomic E-state index is 0.00901. The predicted molar refractivity (Wildman–Crippen MR) is 130 cm³/mol. The number of hydrogen-bond acceptors (Lipinski definition) is 5. The van der Waals surface area contributed by atoms with E-state index < -0.39 is 10.0 Å². The molecule has 1 aliphatic heterocycles. The van der Waals surface area contributed by atoms with Gasteiger partial charge in [0.25, 0.3) is 10.0 Å². The van der Waals surface area contributed by atoms with Gasteiger partial charge in [-0.25, -0.2) is 12.8 Å². The molecule has 0 unspecified atom stereocenters. The molecule has 0 saturated carbocycles. The van der Waals surface area contributed by atoms with Gasteiger partial charge in [-0.3, -0.25) is 4.72 Å². The van der Waals surface area contributed by atoms with Gasteiger partial charge < -0.3 is 14.8 Å². The Morgan fingerprint density at radius 2 is 1.79 bits per heavy atom. The number of anilines is 2. The van der Waals surface area contributed by atoms with Gasteiger partial charge in [0.2, 0.25) is 0 Å². The predicted octanol–water partition coefficient (Wildman–Crippen LogP) is 5.47. The summed E-state index contributed by atoms with van der Waals surface area (Å²) < 4.78 is 53.2. The normalized spacial score (nSPS) is 20.7. The van der Waals surface area contributed by atoms with Gasteiger partial charge in [-0.2, -0.15) is 0 Å². The monoisotopic (exact) mass is 480 g/mol. The van der Waals surface area contributed by atoms with E-state index in [9.17, 15) is 12.8 Å². The Morgan fingerprint density at radius 1 is 1.00 bits per heavy atom. The largest absolute Gasteiger partial charge is 0.497 e. The van der Waals surface area contributed by atoms with Crippen molar-refractivity contribution in [3.8, 4) is 11.5 Å². The number of halogens is 1. The number of hydrogen-bond donors (Lipinski definition) is 2. The molecule has 2 aliphatic rings. The third kappa shape index (κ3) is 3.98. The van der Waals surface area contributed by atoms with Crippen molar-refractivity contribution < 1.29 is 22.3 Å². The van der Waals surface area contributed by atoms with Crippen molar-refractivity contribution in [1.82, 2.24) is 0 Å². The summed E-state index contributed by atoms with van der Waals surface area (Å²) in [7, 11) is -0.887. The Morgan fingerprint density at radius 3 is 2.53 bits per heavy atom. The Hall–Kier alpha value is -3.52. The molecule has 0 aromatic heterocycles. The molecule has 0 amide bonds. The Labute approximate surface area is 198 Å². The number of methoxy groups -OCH3 is 2. The first-order valence-electron chi connectivity index (χ1n) is 11.0. The quantitative estimate of drug-likeness (QED) is 0.458. The minimum Gasteiger partial charge on any atom is -0.497 e. The van der Waals surface area contributed by atoms with Crippen molar-refractivity contribution in [1.29, 1.82) is 0 Å². The topological polar surface area (TPSA) is 76.7 Å². The standard InChI is InChI=1S/C26H25FN2O4S/c1-32-18-10-13-25(33-2)24(14-18)29-34(30,31)19-11-12-23-22(15-19)20-4-3-5-21(20)26(28-23)16-6-8-17(27)9-7-16/h3-4,6-15,20-21,26,28-29H,5H2,1-2H3/t20-,21+,26+/m0/s1. The zero-order valence-electron chi connectivity index (χ0n) is 18.8. The smallest absolute Gasteiger partial charge is 0.262 e. The fourth-order valence-corrected chi connectivity index (χ4v) is 5.93. The van der Waals surface area contributed by atoms with Gasteiger partial charge in [-0.05, 0) is 65.9 Å². The average molecular weight is 481 g/mol. The van der Waals surface area contributed by atoms with E-state index in [2.05, 4.69) is 22.2 Å². The van der Waals surface area contributed by atoms with Crippen LogP contribution in [0.15, 0.2) is 77.7 Å². The maximum absolute atomic E-state index is 13.5. The number of benzene rings is 3. The highest BCUT2D eigenvalue weighted by Gasteiger charge is 2.38. The molecule has 6 nitrogen and oxygen atoms in total. The molecule has 176 valence electrons. The number of rotatable bonds is 6. The van der Waals surface area contributed by atoms with Gasteiger partial charge >= 0.3 is 0 Å². The summed E-state index contributed by atoms with van der Waals surface area (Å²) in [5.41, 5.74) is 3.11. The molecular formula is C26H25FN2O4S. The number of fused-ring (bicyclic) bond motifs is 3. The van der Waals surface area contributed by atoms with E-state index in [0.29, 0.717) is 17.2 Å². The van der Waals surface area contributed by atoms with Gasteiger partial charge in [0, 0.05) is 17.7 Å². The molecule has 2 N–H and O–H groups in total. The molecule has 1 aliphatic carbocycles. The summed E-state index contributed by atoms with van der Waals surface area (Å²) in [6.45, 7) is 0. The maximum atomic E-state index is 13.5. The van der Waals surface area contributed by atoms with Crippen molar-refractivity contribution in [2.75, 3.05) is 24.3 Å². The van der Waals surface area contributed by atoms with Crippen LogP contribution in [0.2, 0.25) is 0 Å². The fraction of sp³-hybridized carbons (Fsp3) is 0.231. The van der Waals surface area contributed by atoms with Crippen LogP contribution in [0.4, 0.5) is 15.8 Å². The lowest BCUT2D eigenvalue weighted by atomic mass is 9.77. The van der Waals surface area contributed by atoms with E-state index in [-0.39, 0.29) is 28.6 Å². The second-order valence-corrected chi connectivity index (χ2v) is 10.1. The van der Waals surface area contributed by atoms with Crippen molar-refractivity contribution in [2.45, 2.75) is 23.3 Å². The van der Waals surface area contributed by atoms with Gasteiger partial charge in [0.1, 0.15) is 17.3 Å². The number of ether oxygens (including phenoxy) is 2. The Kier molecular flexibility index (Phi) is 5.69. The lowest BCUT2D eigenvalue weighted by molar-refractivity contribution is 0.405. The first-order valence-corrected chi connectivity index (χ1v) is 12.5. The molecule has 8 heteroatoms. The van der Waals surface area contributed by atoms with Crippen LogP contribution in [-0.4, -0.2) is 22.6 Å². The van der Waals surface area contributed by atoms with Gasteiger partial charge in [0.15, 0.2) is 0 Å². The van der Waals surface area contributed by atoms with Crippen LogP contribution in [0.25, 0.3) is 0 Å². The van der Waals surface area contributed by atoms with E-state index in [1.165, 1.54) is 26.4 Å². The van der Waals surface area contributed by atoms with E-state index in [0.717, 1.165) is 23.2 Å². The van der Waals surface area contributed by atoms with Crippen LogP contribution in [-0.2, 0) is 10.0 Å². The number of nitrogens with one attached hydrogen (secondary N) is 2.